The molecule has 2 aromatic rings. The minimum absolute atomic E-state index is 0.780. The summed E-state index contributed by atoms with van der Waals surface area (Å²) in [5.74, 6) is 0. The molecule has 130 valence electrons. The number of thiophene rings is 1. The van der Waals surface area contributed by atoms with E-state index in [0.717, 1.165) is 24.0 Å². The number of hydrogen-bond donors (Lipinski definition) is 2. The van der Waals surface area contributed by atoms with Gasteiger partial charge in [-0.1, -0.05) is 30.3 Å². The number of hydrogen-bond acceptors (Lipinski definition) is 4. The standard InChI is InChI=1S/C19H27BO3S/c1-18(2,21)19(3,4)23-20(22)17-13-16(14-24-17)12-8-11-15-9-6-5-7-10-15/h5-7,9-10,13-14,21-22H,8,11-12H2,1-4H3. The first-order valence-electron chi connectivity index (χ1n) is 8.38. The molecule has 0 atom stereocenters. The van der Waals surface area contributed by atoms with Crippen LogP contribution in [0.5, 0.6) is 0 Å². The van der Waals surface area contributed by atoms with Gasteiger partial charge in [0.15, 0.2) is 0 Å². The average molecular weight is 346 g/mol. The molecule has 1 heterocycles. The van der Waals surface area contributed by atoms with E-state index in [4.69, 9.17) is 4.65 Å². The fraction of sp³-hybridized carbons (Fsp3) is 0.474. The zero-order valence-corrected chi connectivity index (χ0v) is 15.8. The molecule has 0 saturated heterocycles. The highest BCUT2D eigenvalue weighted by molar-refractivity contribution is 7.20. The number of benzene rings is 1. The highest BCUT2D eigenvalue weighted by Gasteiger charge is 2.39. The SMILES string of the molecule is CC(C)(O)C(C)(C)OB(O)c1cc(CCCc2ccccc2)cs1. The lowest BCUT2D eigenvalue weighted by Crippen LogP contribution is -2.52. The highest BCUT2D eigenvalue weighted by atomic mass is 32.1. The smallest absolute Gasteiger partial charge is 0.423 e. The van der Waals surface area contributed by atoms with Gasteiger partial charge in [-0.15, -0.1) is 0 Å². The molecule has 0 amide bonds. The lowest BCUT2D eigenvalue weighted by Gasteiger charge is -2.38. The Morgan fingerprint density at radius 3 is 2.29 bits per heavy atom. The third kappa shape index (κ3) is 5.18. The van der Waals surface area contributed by atoms with Gasteiger partial charge in [-0.3, -0.25) is 0 Å². The van der Waals surface area contributed by atoms with Crippen LogP contribution in [-0.2, 0) is 17.5 Å². The van der Waals surface area contributed by atoms with Crippen molar-refractivity contribution >= 4 is 23.2 Å². The zero-order valence-electron chi connectivity index (χ0n) is 15.0. The molecule has 0 spiro atoms. The van der Waals surface area contributed by atoms with E-state index in [-0.39, 0.29) is 0 Å². The van der Waals surface area contributed by atoms with Gasteiger partial charge in [0.1, 0.15) is 0 Å². The molecule has 0 radical (unpaired) electrons. The van der Waals surface area contributed by atoms with E-state index in [0.29, 0.717) is 0 Å². The molecule has 5 heteroatoms. The molecular weight excluding hydrogens is 319 g/mol. The predicted octanol–water partition coefficient (Wildman–Crippen LogP) is 3.18. The maximum atomic E-state index is 10.3. The predicted molar refractivity (Wildman–Crippen MR) is 102 cm³/mol. The van der Waals surface area contributed by atoms with E-state index in [1.54, 1.807) is 27.7 Å². The Morgan fingerprint density at radius 1 is 1.04 bits per heavy atom. The third-order valence-electron chi connectivity index (χ3n) is 4.57. The second kappa shape index (κ2) is 7.83. The first-order chi connectivity index (χ1) is 11.2. The van der Waals surface area contributed by atoms with Gasteiger partial charge in [0.05, 0.1) is 11.2 Å². The first-order valence-corrected chi connectivity index (χ1v) is 9.26. The van der Waals surface area contributed by atoms with Crippen molar-refractivity contribution < 1.29 is 14.8 Å². The fourth-order valence-corrected chi connectivity index (χ4v) is 3.14. The molecule has 0 aliphatic rings. The van der Waals surface area contributed by atoms with Gasteiger partial charge >= 0.3 is 7.12 Å². The normalized spacial score (nSPS) is 12.4. The molecule has 1 aromatic carbocycles. The van der Waals surface area contributed by atoms with Crippen LogP contribution < -0.4 is 4.78 Å². The summed E-state index contributed by atoms with van der Waals surface area (Å²) in [6.45, 7) is 6.93. The summed E-state index contributed by atoms with van der Waals surface area (Å²) in [5.41, 5.74) is 0.686. The molecule has 3 nitrogen and oxygen atoms in total. The highest BCUT2D eigenvalue weighted by Crippen LogP contribution is 2.25. The maximum absolute atomic E-state index is 10.3. The van der Waals surface area contributed by atoms with Crippen molar-refractivity contribution in [3.8, 4) is 0 Å². The van der Waals surface area contributed by atoms with Gasteiger partial charge in [-0.05, 0) is 69.5 Å². The van der Waals surface area contributed by atoms with Crippen LogP contribution in [0.15, 0.2) is 41.8 Å². The Hall–Kier alpha value is -1.14. The van der Waals surface area contributed by atoms with Crippen LogP contribution in [-0.4, -0.2) is 28.5 Å². The van der Waals surface area contributed by atoms with Crippen molar-refractivity contribution in [2.24, 2.45) is 0 Å². The minimum Gasteiger partial charge on any atom is -0.423 e. The van der Waals surface area contributed by atoms with Crippen LogP contribution in [0.2, 0.25) is 0 Å². The van der Waals surface area contributed by atoms with Gasteiger partial charge in [0, 0.05) is 4.78 Å². The van der Waals surface area contributed by atoms with Gasteiger partial charge in [0.25, 0.3) is 0 Å². The number of aryl methyl sites for hydroxylation is 2. The number of rotatable bonds is 8. The van der Waals surface area contributed by atoms with E-state index in [1.807, 2.05) is 12.1 Å². The zero-order chi connectivity index (χ0) is 17.8. The van der Waals surface area contributed by atoms with Crippen LogP contribution in [0, 0.1) is 0 Å². The van der Waals surface area contributed by atoms with Crippen molar-refractivity contribution in [2.75, 3.05) is 0 Å². The van der Waals surface area contributed by atoms with Gasteiger partial charge in [-0.25, -0.2) is 0 Å². The lowest BCUT2D eigenvalue weighted by atomic mass is 9.81. The molecule has 0 bridgehead atoms. The molecule has 24 heavy (non-hydrogen) atoms. The van der Waals surface area contributed by atoms with Crippen molar-refractivity contribution in [1.29, 1.82) is 0 Å². The first kappa shape index (κ1) is 19.2. The Balaban J connectivity index is 1.88. The molecule has 0 aliphatic carbocycles. The molecule has 2 N–H and O–H groups in total. The summed E-state index contributed by atoms with van der Waals surface area (Å²) in [6, 6.07) is 12.5. The van der Waals surface area contributed by atoms with Crippen LogP contribution >= 0.6 is 11.3 Å². The summed E-state index contributed by atoms with van der Waals surface area (Å²) in [6.07, 6.45) is 3.11. The Kier molecular flexibility index (Phi) is 6.26. The molecule has 1 aromatic heterocycles. The summed E-state index contributed by atoms with van der Waals surface area (Å²) in [4.78, 5) is 0. The molecular formula is C19H27BO3S. The topological polar surface area (TPSA) is 49.7 Å². The van der Waals surface area contributed by atoms with E-state index in [2.05, 4.69) is 29.6 Å². The summed E-state index contributed by atoms with van der Waals surface area (Å²) < 4.78 is 6.47. The Morgan fingerprint density at radius 2 is 1.67 bits per heavy atom. The minimum atomic E-state index is -1.04. The van der Waals surface area contributed by atoms with Crippen LogP contribution in [0.1, 0.15) is 45.2 Å². The van der Waals surface area contributed by atoms with Gasteiger partial charge < -0.3 is 14.8 Å². The average Bonchev–Trinajstić information content (AvgIpc) is 2.96. The van der Waals surface area contributed by atoms with Crippen LogP contribution in [0.4, 0.5) is 0 Å². The lowest BCUT2D eigenvalue weighted by molar-refractivity contribution is -0.0981. The van der Waals surface area contributed by atoms with E-state index >= 15 is 0 Å². The second-order valence-corrected chi connectivity index (χ2v) is 8.18. The molecule has 0 fully saturated rings. The van der Waals surface area contributed by atoms with Crippen LogP contribution in [0.3, 0.4) is 0 Å². The number of aliphatic hydroxyl groups is 1. The molecule has 0 unspecified atom stereocenters. The molecule has 2 rings (SSSR count). The van der Waals surface area contributed by atoms with E-state index in [9.17, 15) is 10.1 Å². The summed E-state index contributed by atoms with van der Waals surface area (Å²) in [7, 11) is -1.01. The Labute approximate surface area is 149 Å². The van der Waals surface area contributed by atoms with Gasteiger partial charge in [-0.2, -0.15) is 11.3 Å². The van der Waals surface area contributed by atoms with E-state index < -0.39 is 18.3 Å². The quantitative estimate of drug-likeness (QED) is 0.722. The van der Waals surface area contributed by atoms with Crippen molar-refractivity contribution in [1.82, 2.24) is 0 Å². The molecule has 0 aliphatic heterocycles. The van der Waals surface area contributed by atoms with Crippen molar-refractivity contribution in [3.63, 3.8) is 0 Å². The fourth-order valence-electron chi connectivity index (χ4n) is 2.28. The third-order valence-corrected chi connectivity index (χ3v) is 5.58. The van der Waals surface area contributed by atoms with Crippen molar-refractivity contribution in [2.45, 2.75) is 58.2 Å². The Bertz CT molecular complexity index is 632. The van der Waals surface area contributed by atoms with Crippen LogP contribution in [0.25, 0.3) is 0 Å². The van der Waals surface area contributed by atoms with Gasteiger partial charge in [0.2, 0.25) is 0 Å². The second-order valence-electron chi connectivity index (χ2n) is 7.24. The molecule has 0 saturated carbocycles. The maximum Gasteiger partial charge on any atom is 0.502 e. The van der Waals surface area contributed by atoms with E-state index in [1.165, 1.54) is 22.5 Å². The van der Waals surface area contributed by atoms with Crippen molar-refractivity contribution in [3.05, 3.63) is 52.9 Å². The summed E-state index contributed by atoms with van der Waals surface area (Å²) in [5, 5.41) is 22.5. The largest absolute Gasteiger partial charge is 0.502 e. The summed E-state index contributed by atoms with van der Waals surface area (Å²) >= 11 is 1.50. The monoisotopic (exact) mass is 346 g/mol.